The van der Waals surface area contributed by atoms with Gasteiger partial charge in [0.1, 0.15) is 0 Å². The summed E-state index contributed by atoms with van der Waals surface area (Å²) in [6.07, 6.45) is 6.44. The number of nitrogens with zero attached hydrogens (tertiary/aromatic N) is 2. The van der Waals surface area contributed by atoms with Crippen molar-refractivity contribution in [2.24, 2.45) is 4.99 Å². The quantitative estimate of drug-likeness (QED) is 0.325. The molecule has 0 spiro atoms. The van der Waals surface area contributed by atoms with Crippen LogP contribution >= 0.6 is 35.3 Å². The highest BCUT2D eigenvalue weighted by Crippen LogP contribution is 2.25. The second kappa shape index (κ2) is 10.1. The molecule has 0 saturated heterocycles. The number of halogens is 1. The van der Waals surface area contributed by atoms with Crippen LogP contribution in [0.1, 0.15) is 24.3 Å². The first-order valence-corrected chi connectivity index (χ1v) is 8.37. The fourth-order valence-electron chi connectivity index (χ4n) is 2.46. The maximum absolute atomic E-state index is 5.28. The van der Waals surface area contributed by atoms with Gasteiger partial charge in [-0.25, -0.2) is 0 Å². The van der Waals surface area contributed by atoms with Gasteiger partial charge in [0.05, 0.1) is 13.1 Å². The molecule has 1 aliphatic rings. The number of aliphatic imine (C=N–C) groups is 1. The van der Waals surface area contributed by atoms with Crippen LogP contribution in [0.15, 0.2) is 16.4 Å². The van der Waals surface area contributed by atoms with E-state index >= 15 is 0 Å². The molecule has 1 aromatic rings. The molecule has 0 aliphatic carbocycles. The molecule has 0 saturated carbocycles. The lowest BCUT2D eigenvalue weighted by Gasteiger charge is -2.31. The number of thiophene rings is 1. The lowest BCUT2D eigenvalue weighted by Crippen LogP contribution is -2.41. The van der Waals surface area contributed by atoms with Crippen LogP contribution in [0.3, 0.4) is 0 Å². The van der Waals surface area contributed by atoms with Gasteiger partial charge in [0.2, 0.25) is 0 Å². The SMILES string of the molecule is C#CCNC(=NCC(C)N1CCc2sccc2C1)NCC.I. The van der Waals surface area contributed by atoms with Crippen LogP contribution in [0.2, 0.25) is 0 Å². The van der Waals surface area contributed by atoms with Gasteiger partial charge < -0.3 is 10.6 Å². The number of terminal acetylenes is 1. The van der Waals surface area contributed by atoms with Crippen molar-refractivity contribution in [3.8, 4) is 12.3 Å². The van der Waals surface area contributed by atoms with E-state index in [9.17, 15) is 0 Å². The van der Waals surface area contributed by atoms with Gasteiger partial charge in [-0.1, -0.05) is 5.92 Å². The lowest BCUT2D eigenvalue weighted by molar-refractivity contribution is 0.197. The summed E-state index contributed by atoms with van der Waals surface area (Å²) in [6.45, 7) is 8.58. The van der Waals surface area contributed by atoms with Crippen LogP contribution in [0.4, 0.5) is 0 Å². The zero-order valence-electron chi connectivity index (χ0n) is 13.3. The molecule has 0 fully saturated rings. The Morgan fingerprint density at radius 3 is 3.09 bits per heavy atom. The average molecular weight is 432 g/mol. The number of fused-ring (bicyclic) bond motifs is 1. The molecule has 1 aliphatic heterocycles. The molecular weight excluding hydrogens is 407 g/mol. The number of guanidine groups is 1. The summed E-state index contributed by atoms with van der Waals surface area (Å²) in [5.74, 6) is 3.38. The fraction of sp³-hybridized carbons (Fsp3) is 0.562. The van der Waals surface area contributed by atoms with Crippen molar-refractivity contribution in [2.45, 2.75) is 32.9 Å². The Labute approximate surface area is 154 Å². The molecule has 1 unspecified atom stereocenters. The van der Waals surface area contributed by atoms with Gasteiger partial charge in [0.25, 0.3) is 0 Å². The Balaban J connectivity index is 0.00000242. The highest BCUT2D eigenvalue weighted by Gasteiger charge is 2.21. The van der Waals surface area contributed by atoms with E-state index in [1.807, 2.05) is 11.3 Å². The Bertz CT molecular complexity index is 520. The summed E-state index contributed by atoms with van der Waals surface area (Å²) in [5, 5.41) is 8.54. The molecule has 22 heavy (non-hydrogen) atoms. The first-order chi connectivity index (χ1) is 10.2. The van der Waals surface area contributed by atoms with Gasteiger partial charge in [0.15, 0.2) is 5.96 Å². The minimum Gasteiger partial charge on any atom is -0.357 e. The summed E-state index contributed by atoms with van der Waals surface area (Å²) in [7, 11) is 0. The zero-order chi connectivity index (χ0) is 15.1. The average Bonchev–Trinajstić information content (AvgIpc) is 2.97. The van der Waals surface area contributed by atoms with Crippen LogP contribution in [0.25, 0.3) is 0 Å². The molecule has 0 amide bonds. The van der Waals surface area contributed by atoms with E-state index in [1.54, 1.807) is 4.88 Å². The highest BCUT2D eigenvalue weighted by molar-refractivity contribution is 14.0. The summed E-state index contributed by atoms with van der Waals surface area (Å²) >= 11 is 1.88. The molecule has 0 aromatic carbocycles. The topological polar surface area (TPSA) is 39.7 Å². The van der Waals surface area contributed by atoms with Crippen molar-refractivity contribution in [1.29, 1.82) is 0 Å². The van der Waals surface area contributed by atoms with Crippen molar-refractivity contribution in [1.82, 2.24) is 15.5 Å². The van der Waals surface area contributed by atoms with E-state index in [0.717, 1.165) is 38.6 Å². The Morgan fingerprint density at radius 2 is 2.36 bits per heavy atom. The predicted octanol–water partition coefficient (Wildman–Crippen LogP) is 2.30. The Kier molecular flexibility index (Phi) is 8.83. The van der Waals surface area contributed by atoms with Crippen LogP contribution in [-0.2, 0) is 13.0 Å². The first-order valence-electron chi connectivity index (χ1n) is 7.49. The van der Waals surface area contributed by atoms with Crippen LogP contribution in [0, 0.1) is 12.3 Å². The third-order valence-corrected chi connectivity index (χ3v) is 4.70. The van der Waals surface area contributed by atoms with E-state index in [2.05, 4.69) is 51.7 Å². The minimum absolute atomic E-state index is 0. The molecule has 1 aromatic heterocycles. The molecular formula is C16H25IN4S. The summed E-state index contributed by atoms with van der Waals surface area (Å²) in [4.78, 5) is 8.68. The zero-order valence-corrected chi connectivity index (χ0v) is 16.4. The first kappa shape index (κ1) is 19.3. The predicted molar refractivity (Wildman–Crippen MR) is 106 cm³/mol. The molecule has 1 atom stereocenters. The van der Waals surface area contributed by atoms with Crippen LogP contribution in [-0.4, -0.2) is 43.1 Å². The van der Waals surface area contributed by atoms with Gasteiger partial charge in [0, 0.05) is 30.6 Å². The maximum atomic E-state index is 5.28. The van der Waals surface area contributed by atoms with Gasteiger partial charge in [-0.2, -0.15) is 0 Å². The molecule has 2 rings (SSSR count). The highest BCUT2D eigenvalue weighted by atomic mass is 127. The fourth-order valence-corrected chi connectivity index (χ4v) is 3.35. The van der Waals surface area contributed by atoms with E-state index in [-0.39, 0.29) is 24.0 Å². The molecule has 2 N–H and O–H groups in total. The Hall–Kier alpha value is -0.780. The molecule has 0 bridgehead atoms. The maximum Gasteiger partial charge on any atom is 0.192 e. The van der Waals surface area contributed by atoms with E-state index in [0.29, 0.717) is 12.6 Å². The Morgan fingerprint density at radius 1 is 1.55 bits per heavy atom. The largest absolute Gasteiger partial charge is 0.357 e. The number of rotatable bonds is 5. The molecule has 6 heteroatoms. The van der Waals surface area contributed by atoms with Crippen molar-refractivity contribution in [3.63, 3.8) is 0 Å². The van der Waals surface area contributed by atoms with Crippen molar-refractivity contribution < 1.29 is 0 Å². The van der Waals surface area contributed by atoms with E-state index in [4.69, 9.17) is 6.42 Å². The summed E-state index contributed by atoms with van der Waals surface area (Å²) in [5.41, 5.74) is 1.49. The molecule has 4 nitrogen and oxygen atoms in total. The smallest absolute Gasteiger partial charge is 0.192 e. The van der Waals surface area contributed by atoms with Crippen molar-refractivity contribution >= 4 is 41.3 Å². The second-order valence-corrected chi connectivity index (χ2v) is 6.22. The summed E-state index contributed by atoms with van der Waals surface area (Å²) < 4.78 is 0. The van der Waals surface area contributed by atoms with Gasteiger partial charge in [-0.05, 0) is 37.3 Å². The van der Waals surface area contributed by atoms with Gasteiger partial charge >= 0.3 is 0 Å². The monoisotopic (exact) mass is 432 g/mol. The van der Waals surface area contributed by atoms with Crippen molar-refractivity contribution in [3.05, 3.63) is 21.9 Å². The van der Waals surface area contributed by atoms with Crippen molar-refractivity contribution in [2.75, 3.05) is 26.2 Å². The minimum atomic E-state index is 0. The lowest BCUT2D eigenvalue weighted by atomic mass is 10.1. The molecule has 122 valence electrons. The van der Waals surface area contributed by atoms with Gasteiger partial charge in [-0.15, -0.1) is 41.7 Å². The van der Waals surface area contributed by atoms with Gasteiger partial charge in [-0.3, -0.25) is 9.89 Å². The van der Waals surface area contributed by atoms with Crippen LogP contribution < -0.4 is 10.6 Å². The normalized spacial score (nSPS) is 16.1. The van der Waals surface area contributed by atoms with Crippen LogP contribution in [0.5, 0.6) is 0 Å². The molecule has 2 heterocycles. The molecule has 0 radical (unpaired) electrons. The third-order valence-electron chi connectivity index (χ3n) is 3.68. The van der Waals surface area contributed by atoms with E-state index in [1.165, 1.54) is 5.56 Å². The number of nitrogens with one attached hydrogen (secondary N) is 2. The number of hydrogen-bond donors (Lipinski definition) is 2. The summed E-state index contributed by atoms with van der Waals surface area (Å²) in [6, 6.07) is 2.68. The standard InChI is InChI=1S/C16H24N4S.HI/c1-4-8-18-16(17-5-2)19-11-13(3)20-9-6-15-14(12-20)7-10-21-15;/h1,7,10,13H,5-6,8-9,11-12H2,2-3H3,(H2,17,18,19);1H. The number of hydrogen-bond acceptors (Lipinski definition) is 3. The van der Waals surface area contributed by atoms with E-state index < -0.39 is 0 Å². The third kappa shape index (κ3) is 5.45. The second-order valence-electron chi connectivity index (χ2n) is 5.22.